The summed E-state index contributed by atoms with van der Waals surface area (Å²) in [6, 6.07) is 56.4. The van der Waals surface area contributed by atoms with E-state index in [0.29, 0.717) is 0 Å². The van der Waals surface area contributed by atoms with Gasteiger partial charge in [-0.3, -0.25) is 9.80 Å². The fraction of sp³-hybridized carbons (Fsp3) is 0.343. The van der Waals surface area contributed by atoms with Crippen LogP contribution in [0.4, 0.5) is 23.0 Å². The first kappa shape index (κ1) is 66.8. The second-order valence-electron chi connectivity index (χ2n) is 22.9. The summed E-state index contributed by atoms with van der Waals surface area (Å²) in [7, 11) is 17.2. The minimum Gasteiger partial charge on any atom is -0.497 e. The van der Waals surface area contributed by atoms with Gasteiger partial charge in [0.25, 0.3) is 11.6 Å². The molecule has 2 aliphatic heterocycles. The summed E-state index contributed by atoms with van der Waals surface area (Å²) in [5.41, 5.74) is 9.54. The van der Waals surface area contributed by atoms with Crippen LogP contribution in [0.3, 0.4) is 0 Å². The van der Waals surface area contributed by atoms with E-state index in [-0.39, 0.29) is 65.4 Å². The monoisotopic (exact) mass is 1310 g/mol. The van der Waals surface area contributed by atoms with Crippen LogP contribution in [0, 0.1) is 0 Å². The zero-order valence-electron chi connectivity index (χ0n) is 52.0. The first-order chi connectivity index (χ1) is 39.7. The van der Waals surface area contributed by atoms with Crippen molar-refractivity contribution in [3.63, 3.8) is 0 Å². The molecule has 10 nitrogen and oxygen atoms in total. The number of anilines is 4. The number of para-hydroxylation sites is 4. The minimum atomic E-state index is 0. The van der Waals surface area contributed by atoms with Crippen LogP contribution in [0.5, 0.6) is 11.5 Å². The summed E-state index contributed by atoms with van der Waals surface area (Å²) in [6.45, 7) is 17.7. The van der Waals surface area contributed by atoms with Crippen LogP contribution in [0.15, 0.2) is 178 Å². The van der Waals surface area contributed by atoms with E-state index in [1.54, 1.807) is 14.2 Å². The molecular weight excluding hydrogens is 1230 g/mol. The Bertz CT molecular complexity index is 3310. The van der Waals surface area contributed by atoms with Gasteiger partial charge in [-0.1, -0.05) is 98.0 Å². The van der Waals surface area contributed by atoms with Crippen LogP contribution in [0.25, 0.3) is 45.3 Å². The van der Waals surface area contributed by atoms with Gasteiger partial charge in [0.2, 0.25) is 0 Å². The van der Waals surface area contributed by atoms with Crippen molar-refractivity contribution in [2.24, 2.45) is 0 Å². The molecule has 2 radical (unpaired) electrons. The molecule has 0 fully saturated rings. The van der Waals surface area contributed by atoms with Crippen molar-refractivity contribution in [1.29, 1.82) is 0 Å². The molecule has 0 amide bonds. The number of thioether (sulfide) groups is 2. The molecule has 14 heteroatoms. The molecule has 0 bridgehead atoms. The Morgan fingerprint density at radius 2 is 0.845 bits per heavy atom. The molecule has 4 heterocycles. The van der Waals surface area contributed by atoms with Crippen LogP contribution < -0.4 is 38.2 Å². The normalized spacial score (nSPS) is 13.8. The van der Waals surface area contributed by atoms with E-state index in [2.05, 4.69) is 269 Å². The number of ether oxygens (including phenoxy) is 2. The summed E-state index contributed by atoms with van der Waals surface area (Å²) in [6.07, 6.45) is 9.39. The van der Waals surface area contributed by atoms with Crippen LogP contribution in [-0.4, -0.2) is 118 Å². The van der Waals surface area contributed by atoms with Crippen LogP contribution in [0.2, 0.25) is 0 Å². The van der Waals surface area contributed by atoms with Crippen molar-refractivity contribution in [2.45, 2.75) is 63.2 Å². The van der Waals surface area contributed by atoms with Crippen molar-refractivity contribution < 1.29 is 93.0 Å². The standard InChI is InChI=1S/2C35H44N4OS.2Y/c2*1-7-22-39(4,5)23-14-21-37(8-2)34-24-27(25-35-36(3)31-17-12-13-18-33(31)41-35)30-20-19-29(40-6)26-32(30)38(34)28-15-10-9-11-16-28;;/h2*9-13,15-20,24-26H,7-8,14,21-23H2,1-6H3;;/q2*+2;;. The van der Waals surface area contributed by atoms with Gasteiger partial charge in [0, 0.05) is 137 Å². The topological polar surface area (TPSA) is 39.2 Å². The average molecular weight is 1320 g/mol. The molecule has 0 aliphatic carbocycles. The maximum absolute atomic E-state index is 5.74. The molecule has 0 saturated carbocycles. The maximum Gasteiger partial charge on any atom is 0.282 e. The molecule has 84 heavy (non-hydrogen) atoms. The molecule has 8 aromatic rings. The van der Waals surface area contributed by atoms with Crippen molar-refractivity contribution in [3.05, 3.63) is 179 Å². The molecule has 10 rings (SSSR count). The second kappa shape index (κ2) is 30.7. The molecule has 0 saturated heterocycles. The van der Waals surface area contributed by atoms with Gasteiger partial charge < -0.3 is 28.2 Å². The Balaban J connectivity index is 0.000000235. The van der Waals surface area contributed by atoms with Crippen molar-refractivity contribution in [3.8, 4) is 22.9 Å². The number of rotatable bonds is 22. The average Bonchev–Trinajstić information content (AvgIpc) is 2.05. The summed E-state index contributed by atoms with van der Waals surface area (Å²) in [5.74, 6) is 4.13. The largest absolute Gasteiger partial charge is 0.497 e. The van der Waals surface area contributed by atoms with E-state index in [9.17, 15) is 0 Å². The number of quaternary nitrogens is 2. The maximum atomic E-state index is 5.74. The molecule has 2 aliphatic rings. The molecular formula is C70H88N8O2S2Y2+4. The number of benzene rings is 6. The molecule has 0 N–H and O–H groups in total. The SMILES string of the molecule is CCC[N+](C)(C)CCCN(CC)c1cc(C=C2Sc3ccccc3N2C)c2ccc(OC)cc2[n+]1-c1ccccc1.CCC[N+](C)(C)CCCN(CC)c1cc(C=C2Sc3ccccc3N2C)c2ccc(OC)cc2[n+]1-c1ccccc1.[Y].[Y]. The quantitative estimate of drug-likeness (QED) is 0.0491. The second-order valence-corrected chi connectivity index (χ2v) is 25.0. The number of methoxy groups -OCH3 is 2. The summed E-state index contributed by atoms with van der Waals surface area (Å²) < 4.78 is 18.4. The van der Waals surface area contributed by atoms with E-state index < -0.39 is 0 Å². The first-order valence-electron chi connectivity index (χ1n) is 29.5. The van der Waals surface area contributed by atoms with Gasteiger partial charge in [0.1, 0.15) is 33.9 Å². The summed E-state index contributed by atoms with van der Waals surface area (Å²) in [5, 5.41) is 4.86. The molecule has 2 aromatic heterocycles. The number of nitrogens with zero attached hydrogens (tertiary/aromatic N) is 8. The predicted molar refractivity (Wildman–Crippen MR) is 351 cm³/mol. The van der Waals surface area contributed by atoms with Gasteiger partial charge in [0.05, 0.1) is 116 Å². The van der Waals surface area contributed by atoms with E-state index in [1.807, 2.05) is 23.5 Å². The zero-order valence-corrected chi connectivity index (χ0v) is 59.3. The van der Waals surface area contributed by atoms with E-state index in [1.165, 1.54) is 90.7 Å². The predicted octanol–water partition coefficient (Wildman–Crippen LogP) is 14.7. The fourth-order valence-corrected chi connectivity index (χ4v) is 14.0. The summed E-state index contributed by atoms with van der Waals surface area (Å²) >= 11 is 3.67. The van der Waals surface area contributed by atoms with Crippen molar-refractivity contribution in [1.82, 2.24) is 0 Å². The van der Waals surface area contributed by atoms with Crippen molar-refractivity contribution in [2.75, 3.05) is 128 Å². The van der Waals surface area contributed by atoms with E-state index >= 15 is 0 Å². The molecule has 0 unspecified atom stereocenters. The minimum absolute atomic E-state index is 0. The number of hydrogen-bond donors (Lipinski definition) is 0. The third-order valence-corrected chi connectivity index (χ3v) is 18.5. The first-order valence-corrected chi connectivity index (χ1v) is 31.2. The van der Waals surface area contributed by atoms with E-state index in [4.69, 9.17) is 9.47 Å². The molecule has 0 spiro atoms. The molecule has 434 valence electrons. The molecule has 0 atom stereocenters. The third-order valence-electron chi connectivity index (χ3n) is 16.1. The Hall–Kier alpha value is -4.75. The number of hydrogen-bond acceptors (Lipinski definition) is 8. The van der Waals surface area contributed by atoms with Gasteiger partial charge in [-0.15, -0.1) is 0 Å². The van der Waals surface area contributed by atoms with Gasteiger partial charge in [-0.25, -0.2) is 0 Å². The van der Waals surface area contributed by atoms with Crippen LogP contribution in [-0.2, 0) is 65.4 Å². The third kappa shape index (κ3) is 15.7. The van der Waals surface area contributed by atoms with Crippen molar-refractivity contribution >= 4 is 80.5 Å². The van der Waals surface area contributed by atoms with Crippen LogP contribution >= 0.6 is 23.5 Å². The number of fused-ring (bicyclic) bond motifs is 4. The number of aromatic nitrogens is 2. The Morgan fingerprint density at radius 3 is 1.19 bits per heavy atom. The van der Waals surface area contributed by atoms with E-state index in [0.717, 1.165) is 95.0 Å². The zero-order chi connectivity index (χ0) is 58.0. The Labute approximate surface area is 561 Å². The van der Waals surface area contributed by atoms with Gasteiger partial charge >= 0.3 is 0 Å². The smallest absolute Gasteiger partial charge is 0.282 e. The summed E-state index contributed by atoms with van der Waals surface area (Å²) in [4.78, 5) is 12.3. The van der Waals surface area contributed by atoms with Gasteiger partial charge in [-0.2, -0.15) is 9.13 Å². The number of pyridine rings is 2. The Morgan fingerprint density at radius 1 is 0.476 bits per heavy atom. The fourth-order valence-electron chi connectivity index (χ4n) is 11.8. The van der Waals surface area contributed by atoms with Gasteiger partial charge in [-0.05, 0) is 123 Å². The van der Waals surface area contributed by atoms with Crippen LogP contribution in [0.1, 0.15) is 64.5 Å². The molecule has 6 aromatic carbocycles. The Kier molecular flexibility index (Phi) is 24.4. The van der Waals surface area contributed by atoms with Gasteiger partial charge in [0.15, 0.2) is 0 Å².